The molecule has 2 aromatic heterocycles. The molecule has 0 N–H and O–H groups in total. The number of fused-ring (bicyclic) bond motifs is 1. The first-order valence-corrected chi connectivity index (χ1v) is 10.2. The quantitative estimate of drug-likeness (QED) is 0.337. The molecule has 4 rings (SSSR count). The molecule has 6 heteroatoms. The van der Waals surface area contributed by atoms with E-state index in [0.717, 1.165) is 38.5 Å². The molecule has 5 nitrogen and oxygen atoms in total. The zero-order chi connectivity index (χ0) is 20.2. The van der Waals surface area contributed by atoms with Gasteiger partial charge in [-0.15, -0.1) is 17.9 Å². The van der Waals surface area contributed by atoms with Crippen molar-refractivity contribution >= 4 is 34.2 Å². The van der Waals surface area contributed by atoms with Gasteiger partial charge < -0.3 is 9.32 Å². The molecule has 0 atom stereocenters. The molecule has 0 spiro atoms. The Morgan fingerprint density at radius 1 is 1.14 bits per heavy atom. The lowest BCUT2D eigenvalue weighted by Gasteiger charge is -2.11. The van der Waals surface area contributed by atoms with Gasteiger partial charge >= 0.3 is 0 Å². The van der Waals surface area contributed by atoms with Crippen molar-refractivity contribution in [2.75, 3.05) is 25.5 Å². The van der Waals surface area contributed by atoms with Crippen LogP contribution >= 0.6 is 11.3 Å². The highest BCUT2D eigenvalue weighted by Crippen LogP contribution is 2.28. The van der Waals surface area contributed by atoms with Crippen LogP contribution in [0.1, 0.15) is 5.56 Å². The standard InChI is InChI=1S/C23H22N4OS/c1-4-13-24-23-27(25-15-17-9-11-19(12-10-17)26(2)3)20(16-29-23)22-14-18-7-5-6-8-21(18)28-22/h4-12,14-16H,1,13H2,2-3H3. The number of aromatic nitrogens is 1. The first kappa shape index (κ1) is 19.0. The summed E-state index contributed by atoms with van der Waals surface area (Å²) < 4.78 is 7.88. The van der Waals surface area contributed by atoms with Crippen molar-refractivity contribution in [3.05, 3.63) is 83.0 Å². The molecule has 146 valence electrons. The molecular weight excluding hydrogens is 380 g/mol. The minimum Gasteiger partial charge on any atom is -0.454 e. The number of furan rings is 1. The molecule has 0 aliphatic heterocycles. The summed E-state index contributed by atoms with van der Waals surface area (Å²) in [5.74, 6) is 0.766. The third kappa shape index (κ3) is 4.07. The lowest BCUT2D eigenvalue weighted by molar-refractivity contribution is 0.621. The maximum atomic E-state index is 6.05. The fourth-order valence-electron chi connectivity index (χ4n) is 2.92. The number of para-hydroxylation sites is 1. The second-order valence-electron chi connectivity index (χ2n) is 6.72. The largest absolute Gasteiger partial charge is 0.454 e. The summed E-state index contributed by atoms with van der Waals surface area (Å²) in [6, 6.07) is 18.3. The van der Waals surface area contributed by atoms with Crippen molar-refractivity contribution in [3.8, 4) is 11.5 Å². The summed E-state index contributed by atoms with van der Waals surface area (Å²) in [5, 5.41) is 7.79. The van der Waals surface area contributed by atoms with Crippen LogP contribution in [0.4, 0.5) is 5.69 Å². The van der Waals surface area contributed by atoms with Gasteiger partial charge in [-0.2, -0.15) is 5.10 Å². The van der Waals surface area contributed by atoms with E-state index in [-0.39, 0.29) is 0 Å². The normalized spacial score (nSPS) is 12.1. The van der Waals surface area contributed by atoms with Gasteiger partial charge in [0.15, 0.2) is 5.76 Å². The second-order valence-corrected chi connectivity index (χ2v) is 7.56. The highest BCUT2D eigenvalue weighted by molar-refractivity contribution is 7.07. The Bertz CT molecular complexity index is 1190. The molecule has 0 bridgehead atoms. The summed E-state index contributed by atoms with van der Waals surface area (Å²) in [7, 11) is 4.05. The Morgan fingerprint density at radius 2 is 1.93 bits per heavy atom. The van der Waals surface area contributed by atoms with E-state index < -0.39 is 0 Å². The summed E-state index contributed by atoms with van der Waals surface area (Å²) in [4.78, 5) is 7.44. The summed E-state index contributed by atoms with van der Waals surface area (Å²) >= 11 is 1.53. The maximum Gasteiger partial charge on any atom is 0.206 e. The Morgan fingerprint density at radius 3 is 2.66 bits per heavy atom. The van der Waals surface area contributed by atoms with Crippen molar-refractivity contribution < 1.29 is 4.42 Å². The molecular formula is C23H22N4OS. The van der Waals surface area contributed by atoms with E-state index in [1.165, 1.54) is 11.3 Å². The van der Waals surface area contributed by atoms with Gasteiger partial charge in [0.05, 0.1) is 12.8 Å². The lowest BCUT2D eigenvalue weighted by atomic mass is 10.2. The Kier molecular flexibility index (Phi) is 5.44. The van der Waals surface area contributed by atoms with Gasteiger partial charge in [0, 0.05) is 30.5 Å². The van der Waals surface area contributed by atoms with Crippen LogP contribution in [-0.2, 0) is 0 Å². The lowest BCUT2D eigenvalue weighted by Crippen LogP contribution is -2.12. The third-order valence-electron chi connectivity index (χ3n) is 4.45. The van der Waals surface area contributed by atoms with Crippen LogP contribution in [0.15, 0.2) is 87.1 Å². The molecule has 2 aromatic carbocycles. The topological polar surface area (TPSA) is 46.0 Å². The molecule has 0 radical (unpaired) electrons. The van der Waals surface area contributed by atoms with E-state index in [4.69, 9.17) is 9.52 Å². The number of hydrogen-bond donors (Lipinski definition) is 0. The fraction of sp³-hybridized carbons (Fsp3) is 0.130. The highest BCUT2D eigenvalue weighted by atomic mass is 32.1. The average molecular weight is 403 g/mol. The Hall–Kier alpha value is -3.38. The van der Waals surface area contributed by atoms with Crippen molar-refractivity contribution in [1.29, 1.82) is 0 Å². The van der Waals surface area contributed by atoms with Crippen molar-refractivity contribution in [1.82, 2.24) is 4.68 Å². The third-order valence-corrected chi connectivity index (χ3v) is 5.30. The Balaban J connectivity index is 1.75. The number of rotatable bonds is 6. The first-order valence-electron chi connectivity index (χ1n) is 9.28. The van der Waals surface area contributed by atoms with Crippen LogP contribution in [0.25, 0.3) is 22.4 Å². The number of thiazole rings is 1. The zero-order valence-corrected chi connectivity index (χ0v) is 17.3. The number of anilines is 1. The number of benzene rings is 2. The predicted molar refractivity (Wildman–Crippen MR) is 122 cm³/mol. The van der Waals surface area contributed by atoms with Gasteiger partial charge in [-0.1, -0.05) is 36.4 Å². The summed E-state index contributed by atoms with van der Waals surface area (Å²) in [6.45, 7) is 4.29. The van der Waals surface area contributed by atoms with E-state index in [2.05, 4.69) is 28.6 Å². The van der Waals surface area contributed by atoms with Gasteiger partial charge in [0.1, 0.15) is 11.3 Å². The van der Waals surface area contributed by atoms with Gasteiger partial charge in [-0.3, -0.25) is 4.99 Å². The van der Waals surface area contributed by atoms with Gasteiger partial charge in [-0.25, -0.2) is 4.68 Å². The van der Waals surface area contributed by atoms with Crippen LogP contribution in [-0.4, -0.2) is 31.5 Å². The van der Waals surface area contributed by atoms with E-state index in [9.17, 15) is 0 Å². The van der Waals surface area contributed by atoms with Crippen LogP contribution < -0.4 is 9.70 Å². The van der Waals surface area contributed by atoms with E-state index in [1.54, 1.807) is 6.08 Å². The molecule has 0 amide bonds. The molecule has 0 saturated carbocycles. The molecule has 4 aromatic rings. The summed E-state index contributed by atoms with van der Waals surface area (Å²) in [6.07, 6.45) is 3.61. The monoisotopic (exact) mass is 402 g/mol. The molecule has 0 unspecified atom stereocenters. The summed E-state index contributed by atoms with van der Waals surface area (Å²) in [5.41, 5.74) is 3.89. The average Bonchev–Trinajstić information content (AvgIpc) is 3.34. The predicted octanol–water partition coefficient (Wildman–Crippen LogP) is 5.00. The van der Waals surface area contributed by atoms with Gasteiger partial charge in [-0.05, 0) is 29.8 Å². The Labute approximate surface area is 173 Å². The zero-order valence-electron chi connectivity index (χ0n) is 16.4. The first-order chi connectivity index (χ1) is 14.2. The van der Waals surface area contributed by atoms with E-state index >= 15 is 0 Å². The fourth-order valence-corrected chi connectivity index (χ4v) is 3.75. The molecule has 0 aliphatic carbocycles. The number of nitrogens with zero attached hydrogens (tertiary/aromatic N) is 4. The highest BCUT2D eigenvalue weighted by Gasteiger charge is 2.12. The van der Waals surface area contributed by atoms with Gasteiger partial charge in [0.2, 0.25) is 4.80 Å². The van der Waals surface area contributed by atoms with Gasteiger partial charge in [0.25, 0.3) is 0 Å². The van der Waals surface area contributed by atoms with Crippen molar-refractivity contribution in [2.45, 2.75) is 0 Å². The van der Waals surface area contributed by atoms with Crippen molar-refractivity contribution in [2.24, 2.45) is 10.1 Å². The molecule has 0 aliphatic rings. The minimum atomic E-state index is 0.535. The molecule has 0 fully saturated rings. The smallest absolute Gasteiger partial charge is 0.206 e. The van der Waals surface area contributed by atoms with Crippen LogP contribution in [0.5, 0.6) is 0 Å². The van der Waals surface area contributed by atoms with Crippen LogP contribution in [0, 0.1) is 0 Å². The molecule has 0 saturated heterocycles. The van der Waals surface area contributed by atoms with Crippen molar-refractivity contribution in [3.63, 3.8) is 0 Å². The van der Waals surface area contributed by atoms with E-state index in [0.29, 0.717) is 6.54 Å². The molecule has 29 heavy (non-hydrogen) atoms. The van der Waals surface area contributed by atoms with Crippen LogP contribution in [0.3, 0.4) is 0 Å². The van der Waals surface area contributed by atoms with Crippen LogP contribution in [0.2, 0.25) is 0 Å². The maximum absolute atomic E-state index is 6.05. The van der Waals surface area contributed by atoms with E-state index in [1.807, 2.05) is 72.8 Å². The number of hydrogen-bond acceptors (Lipinski definition) is 5. The molecule has 2 heterocycles. The second kappa shape index (κ2) is 8.32. The minimum absolute atomic E-state index is 0.535. The SMILES string of the molecule is C=CCN=c1scc(-c2cc3ccccc3o2)n1N=Cc1ccc(N(C)C)cc1.